The third-order valence-corrected chi connectivity index (χ3v) is 6.66. The van der Waals surface area contributed by atoms with Gasteiger partial charge in [-0.25, -0.2) is 0 Å². The highest BCUT2D eigenvalue weighted by Crippen LogP contribution is 2.56. The number of alkyl halides is 6. The summed E-state index contributed by atoms with van der Waals surface area (Å²) in [5, 5.41) is -1.11. The Bertz CT molecular complexity index is 978. The van der Waals surface area contributed by atoms with Crippen LogP contribution < -0.4 is 0 Å². The van der Waals surface area contributed by atoms with Gasteiger partial charge in [0.1, 0.15) is 0 Å². The molecule has 0 aromatic rings. The van der Waals surface area contributed by atoms with Gasteiger partial charge < -0.3 is 0 Å². The lowest BCUT2D eigenvalue weighted by Gasteiger charge is -2.35. The quantitative estimate of drug-likeness (QED) is 0.310. The maximum Gasteiger partial charge on any atom is 0.405 e. The van der Waals surface area contributed by atoms with Crippen molar-refractivity contribution in [2.45, 2.75) is 12.4 Å². The van der Waals surface area contributed by atoms with Crippen molar-refractivity contribution in [3.8, 4) is 0 Å². The van der Waals surface area contributed by atoms with Crippen molar-refractivity contribution < 1.29 is 70.9 Å². The number of nitrogens with zero attached hydrogens (tertiary/aromatic N) is 2. The molecule has 12 nitrogen and oxygen atoms in total. The molecule has 0 atom stereocenters. The van der Waals surface area contributed by atoms with Gasteiger partial charge in [-0.15, -0.1) is 18.7 Å². The number of imide groups is 2. The van der Waals surface area contributed by atoms with Gasteiger partial charge in [0, 0.05) is 0 Å². The second-order valence-electron chi connectivity index (χ2n) is 6.83. The average Bonchev–Trinajstić information content (AvgIpc) is 2.79. The minimum absolute atomic E-state index is 0.555. The SMILES string of the molecule is O=C1C2C(C(=O)N1OS(=O)(=O)CC(F)(F)F)C1C(=O)N(OS(=O)(=O)CC(F)(F)F)C(=O)C21. The zero-order valence-corrected chi connectivity index (χ0v) is 16.4. The van der Waals surface area contributed by atoms with E-state index in [1.54, 1.807) is 0 Å². The lowest BCUT2D eigenvalue weighted by Crippen LogP contribution is -2.50. The molecule has 1 saturated carbocycles. The highest BCUT2D eigenvalue weighted by Gasteiger charge is 2.75. The minimum atomic E-state index is -5.54. The first-order chi connectivity index (χ1) is 14.2. The maximum atomic E-state index is 12.3. The molecule has 0 N–H and O–H groups in total. The van der Waals surface area contributed by atoms with Gasteiger partial charge in [-0.05, 0) is 0 Å². The Kier molecular flexibility index (Phi) is 5.39. The lowest BCUT2D eigenvalue weighted by molar-refractivity contribution is -0.170. The van der Waals surface area contributed by atoms with Crippen molar-refractivity contribution in [3.05, 3.63) is 0 Å². The van der Waals surface area contributed by atoms with Crippen molar-refractivity contribution in [1.29, 1.82) is 0 Å². The molecule has 0 bridgehead atoms. The zero-order chi connectivity index (χ0) is 24.6. The average molecular weight is 518 g/mol. The zero-order valence-electron chi connectivity index (χ0n) is 14.8. The van der Waals surface area contributed by atoms with Gasteiger partial charge in [0.15, 0.2) is 11.5 Å². The Balaban J connectivity index is 1.79. The largest absolute Gasteiger partial charge is 0.405 e. The summed E-state index contributed by atoms with van der Waals surface area (Å²) in [6.07, 6.45) is -10.6. The molecule has 4 amide bonds. The number of carbonyl (C=O) groups excluding carboxylic acids is 4. The number of fused-ring (bicyclic) bond motifs is 4. The van der Waals surface area contributed by atoms with Crippen LogP contribution in [0, 0.1) is 23.7 Å². The Hall–Kier alpha value is -2.32. The maximum absolute atomic E-state index is 12.3. The summed E-state index contributed by atoms with van der Waals surface area (Å²) in [5.74, 6) is -18.9. The van der Waals surface area contributed by atoms with Crippen LogP contribution in [0.25, 0.3) is 0 Å². The highest BCUT2D eigenvalue weighted by atomic mass is 32.2. The predicted octanol–water partition coefficient (Wildman–Crippen LogP) is -1.15. The molecule has 3 fully saturated rings. The molecular weight excluding hydrogens is 510 g/mol. The monoisotopic (exact) mass is 518 g/mol. The van der Waals surface area contributed by atoms with Crippen LogP contribution in [-0.2, 0) is 48.0 Å². The number of hydrogen-bond acceptors (Lipinski definition) is 10. The van der Waals surface area contributed by atoms with Gasteiger partial charge in [-0.2, -0.15) is 43.2 Å². The number of carbonyl (C=O) groups is 4. The number of halogens is 6. The van der Waals surface area contributed by atoms with Crippen LogP contribution in [0.2, 0.25) is 0 Å². The molecule has 0 aromatic carbocycles. The molecule has 2 heterocycles. The molecule has 0 radical (unpaired) electrons. The summed E-state index contributed by atoms with van der Waals surface area (Å²) in [6, 6.07) is 0. The molecule has 3 aliphatic rings. The first kappa shape index (κ1) is 24.3. The van der Waals surface area contributed by atoms with Crippen LogP contribution in [-0.4, -0.2) is 74.4 Å². The van der Waals surface area contributed by atoms with Crippen LogP contribution in [0.1, 0.15) is 0 Å². The number of amides is 4. The molecule has 0 spiro atoms. The van der Waals surface area contributed by atoms with Gasteiger partial charge in [0.05, 0.1) is 23.7 Å². The van der Waals surface area contributed by atoms with Crippen molar-refractivity contribution in [3.63, 3.8) is 0 Å². The van der Waals surface area contributed by atoms with Crippen molar-refractivity contribution >= 4 is 43.9 Å². The van der Waals surface area contributed by atoms with Gasteiger partial charge in [-0.3, -0.25) is 19.2 Å². The fourth-order valence-corrected chi connectivity index (χ4v) is 5.22. The third-order valence-electron chi connectivity index (χ3n) is 4.55. The highest BCUT2D eigenvalue weighted by molar-refractivity contribution is 7.87. The van der Waals surface area contributed by atoms with E-state index in [0.717, 1.165) is 0 Å². The van der Waals surface area contributed by atoms with Gasteiger partial charge >= 0.3 is 12.4 Å². The fraction of sp³-hybridized carbons (Fsp3) is 0.667. The molecule has 2 aliphatic heterocycles. The molecule has 180 valence electrons. The van der Waals surface area contributed by atoms with E-state index in [2.05, 4.69) is 8.57 Å². The van der Waals surface area contributed by atoms with E-state index in [-0.39, 0.29) is 0 Å². The summed E-state index contributed by atoms with van der Waals surface area (Å²) in [5.41, 5.74) is 0. The molecule has 0 unspecified atom stereocenters. The van der Waals surface area contributed by atoms with Crippen molar-refractivity contribution in [2.24, 2.45) is 23.7 Å². The Morgan fingerprint density at radius 2 is 0.812 bits per heavy atom. The molecule has 20 heteroatoms. The normalized spacial score (nSPS) is 28.8. The summed E-state index contributed by atoms with van der Waals surface area (Å²) < 4.78 is 127. The Morgan fingerprint density at radius 3 is 1.00 bits per heavy atom. The molecule has 3 rings (SSSR count). The molecule has 1 aliphatic carbocycles. The fourth-order valence-electron chi connectivity index (χ4n) is 3.56. The van der Waals surface area contributed by atoms with E-state index in [9.17, 15) is 62.4 Å². The van der Waals surface area contributed by atoms with Gasteiger partial charge in [0.2, 0.25) is 0 Å². The predicted molar refractivity (Wildman–Crippen MR) is 79.5 cm³/mol. The molecule has 32 heavy (non-hydrogen) atoms. The molecular formula is C12H8F6N2O10S2. The standard InChI is InChI=1S/C12H8F6N2O10S2/c13-11(14,15)1-31(25,26)29-19-7(21)3-4(8(19)22)6-5(3)9(23)20(10(6)24)30-32(27,28)2-12(16,17)18/h3-6H,1-2H2. The number of hydrogen-bond donors (Lipinski definition) is 0. The topological polar surface area (TPSA) is 161 Å². The van der Waals surface area contributed by atoms with E-state index in [1.807, 2.05) is 0 Å². The van der Waals surface area contributed by atoms with Crippen LogP contribution in [0.4, 0.5) is 26.3 Å². The first-order valence-corrected chi connectivity index (χ1v) is 11.1. The van der Waals surface area contributed by atoms with E-state index < -0.39 is 102 Å². The molecule has 2 saturated heterocycles. The summed E-state index contributed by atoms with van der Waals surface area (Å²) >= 11 is 0. The Labute approximate surface area is 173 Å². The number of rotatable bonds is 6. The second-order valence-corrected chi connectivity index (χ2v) is 9.93. The lowest BCUT2D eigenvalue weighted by atomic mass is 9.59. The summed E-state index contributed by atoms with van der Waals surface area (Å²) in [6.45, 7) is 0. The van der Waals surface area contributed by atoms with Crippen molar-refractivity contribution in [2.75, 3.05) is 11.5 Å². The van der Waals surface area contributed by atoms with E-state index in [1.165, 1.54) is 0 Å². The minimum Gasteiger partial charge on any atom is -0.272 e. The summed E-state index contributed by atoms with van der Waals surface area (Å²) in [4.78, 5) is 49.0. The van der Waals surface area contributed by atoms with E-state index in [4.69, 9.17) is 0 Å². The smallest absolute Gasteiger partial charge is 0.272 e. The molecule has 0 aromatic heterocycles. The number of hydroxylamine groups is 4. The van der Waals surface area contributed by atoms with Gasteiger partial charge in [-0.1, -0.05) is 0 Å². The van der Waals surface area contributed by atoms with Gasteiger partial charge in [0.25, 0.3) is 43.9 Å². The van der Waals surface area contributed by atoms with Crippen LogP contribution in [0.3, 0.4) is 0 Å². The first-order valence-electron chi connectivity index (χ1n) is 7.98. The van der Waals surface area contributed by atoms with Crippen LogP contribution in [0.5, 0.6) is 0 Å². The Morgan fingerprint density at radius 1 is 0.594 bits per heavy atom. The van der Waals surface area contributed by atoms with Crippen LogP contribution >= 0.6 is 0 Å². The third kappa shape index (κ3) is 4.30. The van der Waals surface area contributed by atoms with E-state index in [0.29, 0.717) is 0 Å². The second kappa shape index (κ2) is 7.09. The summed E-state index contributed by atoms with van der Waals surface area (Å²) in [7, 11) is -11.1. The van der Waals surface area contributed by atoms with Crippen molar-refractivity contribution in [1.82, 2.24) is 10.1 Å². The van der Waals surface area contributed by atoms with E-state index >= 15 is 0 Å². The van der Waals surface area contributed by atoms with Crippen LogP contribution in [0.15, 0.2) is 0 Å².